The highest BCUT2D eigenvalue weighted by Crippen LogP contribution is 2.23. The van der Waals surface area contributed by atoms with Gasteiger partial charge in [0.2, 0.25) is 0 Å². The van der Waals surface area contributed by atoms with Gasteiger partial charge in [-0.3, -0.25) is 0 Å². The number of carbonyl (C=O) groups excluding carboxylic acids is 1. The van der Waals surface area contributed by atoms with Crippen molar-refractivity contribution >= 4 is 6.09 Å². The molecule has 0 heterocycles. The SMILES string of the molecule is CC(C)(C)OC(=O)N(CCNCCCN)C1CCCCCC1. The van der Waals surface area contributed by atoms with Crippen molar-refractivity contribution in [1.82, 2.24) is 10.2 Å². The molecule has 1 saturated carbocycles. The molecule has 1 fully saturated rings. The number of carbonyl (C=O) groups is 1. The summed E-state index contributed by atoms with van der Waals surface area (Å²) in [7, 11) is 0. The van der Waals surface area contributed by atoms with Crippen molar-refractivity contribution in [2.75, 3.05) is 26.2 Å². The number of hydrogen-bond donors (Lipinski definition) is 2. The molecule has 0 aliphatic heterocycles. The van der Waals surface area contributed by atoms with Gasteiger partial charge in [0.15, 0.2) is 0 Å². The van der Waals surface area contributed by atoms with Crippen LogP contribution in [0.2, 0.25) is 0 Å². The maximum Gasteiger partial charge on any atom is 0.410 e. The number of nitrogens with two attached hydrogens (primary N) is 1. The zero-order chi connectivity index (χ0) is 16.4. The Labute approximate surface area is 135 Å². The van der Waals surface area contributed by atoms with Crippen molar-refractivity contribution in [3.05, 3.63) is 0 Å². The highest BCUT2D eigenvalue weighted by Gasteiger charge is 2.28. The van der Waals surface area contributed by atoms with Crippen LogP contribution in [0.15, 0.2) is 0 Å². The normalized spacial score (nSPS) is 17.1. The summed E-state index contributed by atoms with van der Waals surface area (Å²) in [6.45, 7) is 8.90. The Morgan fingerprint density at radius 3 is 2.36 bits per heavy atom. The number of nitrogens with one attached hydrogen (secondary N) is 1. The van der Waals surface area contributed by atoms with E-state index >= 15 is 0 Å². The zero-order valence-corrected chi connectivity index (χ0v) is 14.7. The Kier molecular flexibility index (Phi) is 8.79. The monoisotopic (exact) mass is 313 g/mol. The number of amides is 1. The summed E-state index contributed by atoms with van der Waals surface area (Å²) >= 11 is 0. The smallest absolute Gasteiger partial charge is 0.410 e. The van der Waals surface area contributed by atoms with Gasteiger partial charge in [0.05, 0.1) is 0 Å². The first kappa shape index (κ1) is 19.2. The standard InChI is InChI=1S/C17H35N3O2/c1-17(2,3)22-16(21)20(14-13-19-12-8-11-18)15-9-6-4-5-7-10-15/h15,19H,4-14,18H2,1-3H3. The molecule has 3 N–H and O–H groups in total. The van der Waals surface area contributed by atoms with E-state index in [0.717, 1.165) is 32.4 Å². The first-order valence-electron chi connectivity index (χ1n) is 8.84. The van der Waals surface area contributed by atoms with E-state index in [4.69, 9.17) is 10.5 Å². The Balaban J connectivity index is 2.56. The second-order valence-electron chi connectivity index (χ2n) is 7.21. The van der Waals surface area contributed by atoms with Crippen molar-refractivity contribution in [2.45, 2.75) is 77.4 Å². The minimum Gasteiger partial charge on any atom is -0.444 e. The fourth-order valence-corrected chi connectivity index (χ4v) is 2.86. The van der Waals surface area contributed by atoms with E-state index in [1.54, 1.807) is 0 Å². The van der Waals surface area contributed by atoms with Gasteiger partial charge in [0.25, 0.3) is 0 Å². The van der Waals surface area contributed by atoms with Crippen LogP contribution in [0.3, 0.4) is 0 Å². The van der Waals surface area contributed by atoms with Crippen molar-refractivity contribution < 1.29 is 9.53 Å². The number of rotatable bonds is 7. The van der Waals surface area contributed by atoms with E-state index in [-0.39, 0.29) is 6.09 Å². The summed E-state index contributed by atoms with van der Waals surface area (Å²) in [5, 5.41) is 3.36. The molecule has 5 nitrogen and oxygen atoms in total. The summed E-state index contributed by atoms with van der Waals surface area (Å²) in [5.41, 5.74) is 5.06. The lowest BCUT2D eigenvalue weighted by Crippen LogP contribution is -2.46. The third-order valence-electron chi connectivity index (χ3n) is 3.98. The van der Waals surface area contributed by atoms with Crippen LogP contribution in [0.4, 0.5) is 4.79 Å². The van der Waals surface area contributed by atoms with Gasteiger partial charge in [-0.05, 0) is 53.1 Å². The van der Waals surface area contributed by atoms with Crippen molar-refractivity contribution in [3.63, 3.8) is 0 Å². The lowest BCUT2D eigenvalue weighted by molar-refractivity contribution is 0.0147. The molecule has 0 unspecified atom stereocenters. The summed E-state index contributed by atoms with van der Waals surface area (Å²) in [4.78, 5) is 14.5. The molecule has 0 atom stereocenters. The maximum atomic E-state index is 12.5. The van der Waals surface area contributed by atoms with Crippen molar-refractivity contribution in [2.24, 2.45) is 5.73 Å². The van der Waals surface area contributed by atoms with Gasteiger partial charge in [-0.25, -0.2) is 4.79 Å². The topological polar surface area (TPSA) is 67.6 Å². The second kappa shape index (κ2) is 10.1. The van der Waals surface area contributed by atoms with Gasteiger partial charge < -0.3 is 20.7 Å². The highest BCUT2D eigenvalue weighted by atomic mass is 16.6. The third-order valence-corrected chi connectivity index (χ3v) is 3.98. The fourth-order valence-electron chi connectivity index (χ4n) is 2.86. The quantitative estimate of drug-likeness (QED) is 0.560. The largest absolute Gasteiger partial charge is 0.444 e. The van der Waals surface area contributed by atoms with Gasteiger partial charge in [0, 0.05) is 19.1 Å². The minimum atomic E-state index is -0.437. The molecule has 0 bridgehead atoms. The molecule has 0 saturated heterocycles. The van der Waals surface area contributed by atoms with Crippen LogP contribution in [-0.2, 0) is 4.74 Å². The molecule has 0 aromatic heterocycles. The number of hydrogen-bond acceptors (Lipinski definition) is 4. The minimum absolute atomic E-state index is 0.167. The van der Waals surface area contributed by atoms with E-state index in [1.807, 2.05) is 25.7 Å². The molecule has 0 spiro atoms. The third kappa shape index (κ3) is 7.99. The van der Waals surface area contributed by atoms with Crippen LogP contribution in [0.1, 0.15) is 65.7 Å². The molecule has 1 amide bonds. The first-order chi connectivity index (χ1) is 10.4. The Morgan fingerprint density at radius 2 is 1.82 bits per heavy atom. The van der Waals surface area contributed by atoms with E-state index in [2.05, 4.69) is 5.32 Å². The molecule has 0 radical (unpaired) electrons. The lowest BCUT2D eigenvalue weighted by atomic mass is 10.1. The number of ether oxygens (including phenoxy) is 1. The van der Waals surface area contributed by atoms with Crippen LogP contribution < -0.4 is 11.1 Å². The summed E-state index contributed by atoms with van der Waals surface area (Å²) in [6.07, 6.45) is 8.00. The maximum absolute atomic E-state index is 12.5. The van der Waals surface area contributed by atoms with Gasteiger partial charge in [-0.1, -0.05) is 25.7 Å². The molecular weight excluding hydrogens is 278 g/mol. The van der Waals surface area contributed by atoms with Crippen LogP contribution in [0.5, 0.6) is 0 Å². The molecule has 130 valence electrons. The Hall–Kier alpha value is -0.810. The summed E-state index contributed by atoms with van der Waals surface area (Å²) in [5.74, 6) is 0. The van der Waals surface area contributed by atoms with Crippen LogP contribution in [-0.4, -0.2) is 48.8 Å². The first-order valence-corrected chi connectivity index (χ1v) is 8.84. The lowest BCUT2D eigenvalue weighted by Gasteiger charge is -2.33. The predicted molar refractivity (Wildman–Crippen MR) is 91.0 cm³/mol. The molecule has 22 heavy (non-hydrogen) atoms. The molecule has 1 aliphatic rings. The second-order valence-corrected chi connectivity index (χ2v) is 7.21. The van der Waals surface area contributed by atoms with Crippen LogP contribution in [0, 0.1) is 0 Å². The summed E-state index contributed by atoms with van der Waals surface area (Å²) < 4.78 is 5.61. The van der Waals surface area contributed by atoms with Crippen molar-refractivity contribution in [1.29, 1.82) is 0 Å². The average Bonchev–Trinajstić information content (AvgIpc) is 2.69. The predicted octanol–water partition coefficient (Wildman–Crippen LogP) is 2.88. The van der Waals surface area contributed by atoms with Gasteiger partial charge in [0.1, 0.15) is 5.60 Å². The molecular formula is C17H35N3O2. The van der Waals surface area contributed by atoms with E-state index in [9.17, 15) is 4.79 Å². The van der Waals surface area contributed by atoms with Crippen LogP contribution >= 0.6 is 0 Å². The van der Waals surface area contributed by atoms with Gasteiger partial charge >= 0.3 is 6.09 Å². The fraction of sp³-hybridized carbons (Fsp3) is 0.941. The molecule has 0 aromatic rings. The number of nitrogens with zero attached hydrogens (tertiary/aromatic N) is 1. The average molecular weight is 313 g/mol. The van der Waals surface area contributed by atoms with Crippen molar-refractivity contribution in [3.8, 4) is 0 Å². The van der Waals surface area contributed by atoms with Crippen LogP contribution in [0.25, 0.3) is 0 Å². The van der Waals surface area contributed by atoms with Gasteiger partial charge in [-0.15, -0.1) is 0 Å². The van der Waals surface area contributed by atoms with E-state index in [0.29, 0.717) is 19.1 Å². The summed E-state index contributed by atoms with van der Waals surface area (Å²) in [6, 6.07) is 0.327. The zero-order valence-electron chi connectivity index (χ0n) is 14.7. The van der Waals surface area contributed by atoms with E-state index in [1.165, 1.54) is 25.7 Å². The molecule has 1 rings (SSSR count). The molecule has 0 aromatic carbocycles. The Morgan fingerprint density at radius 1 is 1.18 bits per heavy atom. The van der Waals surface area contributed by atoms with E-state index < -0.39 is 5.60 Å². The van der Waals surface area contributed by atoms with Gasteiger partial charge in [-0.2, -0.15) is 0 Å². The molecule has 1 aliphatic carbocycles. The Bertz CT molecular complexity index is 308. The molecule has 5 heteroatoms. The highest BCUT2D eigenvalue weighted by molar-refractivity contribution is 5.68.